The minimum atomic E-state index is -0.308. The molecule has 0 atom stereocenters. The van der Waals surface area contributed by atoms with Crippen LogP contribution in [0.4, 0.5) is 5.69 Å². The molecule has 0 saturated carbocycles. The van der Waals surface area contributed by atoms with Crippen molar-refractivity contribution < 1.29 is 4.79 Å². The van der Waals surface area contributed by atoms with Gasteiger partial charge in [-0.15, -0.1) is 0 Å². The number of hydrogen-bond acceptors (Lipinski definition) is 4. The lowest BCUT2D eigenvalue weighted by molar-refractivity contribution is -0.111. The lowest BCUT2D eigenvalue weighted by Crippen LogP contribution is -2.12. The third kappa shape index (κ3) is 3.68. The number of rotatable bonds is 4. The van der Waals surface area contributed by atoms with Gasteiger partial charge in [-0.1, -0.05) is 41.9 Å². The molecule has 0 fully saturated rings. The maximum absolute atomic E-state index is 12.6. The number of allylic oxidation sites excluding steroid dienone is 1. The molecule has 4 rings (SSSR count). The van der Waals surface area contributed by atoms with Gasteiger partial charge in [-0.05, 0) is 36.3 Å². The smallest absolute Gasteiger partial charge is 0.261 e. The highest BCUT2D eigenvalue weighted by atomic mass is 35.5. The Bertz CT molecular complexity index is 1310. The molecule has 0 bridgehead atoms. The van der Waals surface area contributed by atoms with Crippen molar-refractivity contribution in [3.8, 4) is 5.69 Å². The summed E-state index contributed by atoms with van der Waals surface area (Å²) in [5, 5.41) is 8.07. The van der Waals surface area contributed by atoms with Crippen LogP contribution in [0.3, 0.4) is 0 Å². The number of anilines is 1. The molecule has 0 radical (unpaired) electrons. The Morgan fingerprint density at radius 1 is 1.17 bits per heavy atom. The summed E-state index contributed by atoms with van der Waals surface area (Å²) in [4.78, 5) is 31.3. The van der Waals surface area contributed by atoms with Gasteiger partial charge < -0.3 is 10.3 Å². The zero-order valence-corrected chi connectivity index (χ0v) is 16.1. The van der Waals surface area contributed by atoms with Crippen LogP contribution in [0, 0.1) is 0 Å². The van der Waals surface area contributed by atoms with E-state index in [0.29, 0.717) is 27.4 Å². The number of carbonyl (C=O) groups excluding carboxylic acids is 1. The highest BCUT2D eigenvalue weighted by molar-refractivity contribution is 6.32. The third-order valence-corrected chi connectivity index (χ3v) is 4.74. The molecule has 7 nitrogen and oxygen atoms in total. The van der Waals surface area contributed by atoms with E-state index in [1.807, 2.05) is 31.2 Å². The molecule has 2 N–H and O–H groups in total. The Kier molecular flexibility index (Phi) is 4.97. The van der Waals surface area contributed by atoms with Crippen LogP contribution in [0.25, 0.3) is 22.3 Å². The topological polar surface area (TPSA) is 92.7 Å². The van der Waals surface area contributed by atoms with Crippen LogP contribution >= 0.6 is 11.6 Å². The molecule has 0 aliphatic rings. The summed E-state index contributed by atoms with van der Waals surface area (Å²) < 4.78 is 1.52. The lowest BCUT2D eigenvalue weighted by atomic mass is 10.1. The second kappa shape index (κ2) is 7.73. The second-order valence-corrected chi connectivity index (χ2v) is 6.75. The van der Waals surface area contributed by atoms with Crippen molar-refractivity contribution in [2.24, 2.45) is 0 Å². The summed E-state index contributed by atoms with van der Waals surface area (Å²) in [6.07, 6.45) is 4.25. The molecule has 0 spiro atoms. The van der Waals surface area contributed by atoms with Gasteiger partial charge >= 0.3 is 0 Å². The molecule has 2 aromatic carbocycles. The fourth-order valence-electron chi connectivity index (χ4n) is 3.02. The number of benzene rings is 2. The predicted molar refractivity (Wildman–Crippen MR) is 113 cm³/mol. The Balaban J connectivity index is 1.68. The molecule has 2 heterocycles. The van der Waals surface area contributed by atoms with Gasteiger partial charge in [-0.3, -0.25) is 9.59 Å². The van der Waals surface area contributed by atoms with Gasteiger partial charge in [0.05, 0.1) is 23.9 Å². The molecule has 2 aromatic heterocycles. The number of aromatic amines is 1. The zero-order valence-electron chi connectivity index (χ0n) is 15.4. The van der Waals surface area contributed by atoms with Crippen LogP contribution < -0.4 is 10.9 Å². The lowest BCUT2D eigenvalue weighted by Gasteiger charge is -2.11. The van der Waals surface area contributed by atoms with Crippen LogP contribution in [0.1, 0.15) is 12.5 Å². The summed E-state index contributed by atoms with van der Waals surface area (Å²) in [6.45, 7) is 1.82. The average Bonchev–Trinajstić information content (AvgIpc) is 3.14. The van der Waals surface area contributed by atoms with E-state index in [1.54, 1.807) is 24.3 Å². The van der Waals surface area contributed by atoms with Crippen molar-refractivity contribution in [2.75, 3.05) is 5.32 Å². The van der Waals surface area contributed by atoms with Crippen molar-refractivity contribution in [2.45, 2.75) is 6.92 Å². The van der Waals surface area contributed by atoms with Gasteiger partial charge in [-0.2, -0.15) is 5.10 Å². The van der Waals surface area contributed by atoms with Gasteiger partial charge in [0.1, 0.15) is 5.39 Å². The number of H-pyrrole nitrogens is 1. The number of aromatic nitrogens is 4. The third-order valence-electron chi connectivity index (χ3n) is 4.41. The van der Waals surface area contributed by atoms with E-state index in [-0.39, 0.29) is 11.5 Å². The van der Waals surface area contributed by atoms with E-state index in [0.717, 1.165) is 11.1 Å². The van der Waals surface area contributed by atoms with E-state index in [4.69, 9.17) is 11.6 Å². The predicted octanol–water partition coefficient (Wildman–Crippen LogP) is 3.80. The molecular formula is C21H16ClN5O2. The van der Waals surface area contributed by atoms with E-state index < -0.39 is 0 Å². The standard InChI is InChI=1S/C21H16ClN5O2/c1-13(14-6-2-3-7-16(14)22)10-19(28)26-17-8-4-5-9-18(17)27-20-15(11-25-27)21(29)24-12-23-20/h2-12H,1H3,(H,26,28)(H,23,24,29)/b13-10-. The van der Waals surface area contributed by atoms with E-state index >= 15 is 0 Å². The summed E-state index contributed by atoms with van der Waals surface area (Å²) in [5.74, 6) is -0.308. The number of nitrogens with zero attached hydrogens (tertiary/aromatic N) is 3. The summed E-state index contributed by atoms with van der Waals surface area (Å²) >= 11 is 6.20. The molecule has 0 aliphatic heterocycles. The van der Waals surface area contributed by atoms with Gasteiger partial charge in [-0.25, -0.2) is 9.67 Å². The maximum Gasteiger partial charge on any atom is 0.261 e. The van der Waals surface area contributed by atoms with Crippen molar-refractivity contribution in [1.29, 1.82) is 0 Å². The van der Waals surface area contributed by atoms with Gasteiger partial charge in [0.2, 0.25) is 5.91 Å². The van der Waals surface area contributed by atoms with E-state index in [1.165, 1.54) is 23.3 Å². The van der Waals surface area contributed by atoms with Crippen molar-refractivity contribution in [1.82, 2.24) is 19.7 Å². The van der Waals surface area contributed by atoms with Crippen LogP contribution in [0.5, 0.6) is 0 Å². The number of halogens is 1. The molecule has 0 saturated heterocycles. The number of amides is 1. The van der Waals surface area contributed by atoms with Gasteiger partial charge in [0.15, 0.2) is 5.65 Å². The first-order chi connectivity index (χ1) is 14.0. The molecule has 144 valence electrons. The van der Waals surface area contributed by atoms with Gasteiger partial charge in [0, 0.05) is 11.1 Å². The molecule has 0 aliphatic carbocycles. The molecule has 0 unspecified atom stereocenters. The maximum atomic E-state index is 12.6. The number of fused-ring (bicyclic) bond motifs is 1. The zero-order chi connectivity index (χ0) is 20.4. The highest BCUT2D eigenvalue weighted by Gasteiger charge is 2.13. The van der Waals surface area contributed by atoms with Crippen molar-refractivity contribution in [3.05, 3.63) is 88.1 Å². The van der Waals surface area contributed by atoms with Crippen LogP contribution in [-0.4, -0.2) is 25.7 Å². The monoisotopic (exact) mass is 405 g/mol. The first-order valence-corrected chi connectivity index (χ1v) is 9.17. The summed E-state index contributed by atoms with van der Waals surface area (Å²) in [6, 6.07) is 14.5. The Morgan fingerprint density at radius 2 is 1.93 bits per heavy atom. The number of nitrogens with one attached hydrogen (secondary N) is 2. The van der Waals surface area contributed by atoms with Crippen molar-refractivity contribution >= 4 is 39.8 Å². The largest absolute Gasteiger partial charge is 0.321 e. The number of carbonyl (C=O) groups is 1. The molecule has 1 amide bonds. The minimum absolute atomic E-state index is 0.277. The number of para-hydroxylation sites is 2. The Morgan fingerprint density at radius 3 is 2.76 bits per heavy atom. The molecule has 29 heavy (non-hydrogen) atoms. The van der Waals surface area contributed by atoms with Crippen molar-refractivity contribution in [3.63, 3.8) is 0 Å². The fourth-order valence-corrected chi connectivity index (χ4v) is 3.31. The minimum Gasteiger partial charge on any atom is -0.321 e. The molecule has 8 heteroatoms. The number of hydrogen-bond donors (Lipinski definition) is 2. The van der Waals surface area contributed by atoms with E-state index in [9.17, 15) is 9.59 Å². The van der Waals surface area contributed by atoms with Crippen LogP contribution in [0.2, 0.25) is 5.02 Å². The highest BCUT2D eigenvalue weighted by Crippen LogP contribution is 2.25. The quantitative estimate of drug-likeness (QED) is 0.505. The first-order valence-electron chi connectivity index (χ1n) is 8.79. The second-order valence-electron chi connectivity index (χ2n) is 6.34. The average molecular weight is 406 g/mol. The van der Waals surface area contributed by atoms with Crippen LogP contribution in [0.15, 0.2) is 71.9 Å². The SMILES string of the molecule is C/C(=C/C(=O)Nc1ccccc1-n1ncc2c(=O)[nH]cnc21)c1ccccc1Cl. The first kappa shape index (κ1) is 18.6. The normalized spacial score (nSPS) is 11.6. The van der Waals surface area contributed by atoms with Gasteiger partial charge in [0.25, 0.3) is 5.56 Å². The summed E-state index contributed by atoms with van der Waals surface area (Å²) in [5.41, 5.74) is 2.78. The molecule has 4 aromatic rings. The van der Waals surface area contributed by atoms with E-state index in [2.05, 4.69) is 20.4 Å². The van der Waals surface area contributed by atoms with Crippen LogP contribution in [-0.2, 0) is 4.79 Å². The summed E-state index contributed by atoms with van der Waals surface area (Å²) in [7, 11) is 0. The Hall–Kier alpha value is -3.71. The molecular weight excluding hydrogens is 390 g/mol. The fraction of sp³-hybridized carbons (Fsp3) is 0.0476. The Labute approximate surface area is 170 Å².